The Balaban J connectivity index is 1.91. The van der Waals surface area contributed by atoms with Crippen LogP contribution in [0.2, 0.25) is 0 Å². The number of hydrogen-bond acceptors (Lipinski definition) is 4. The molecule has 1 fully saturated rings. The largest absolute Gasteiger partial charge is 0.493 e. The lowest BCUT2D eigenvalue weighted by molar-refractivity contribution is 0.183. The number of benzene rings is 1. The Morgan fingerprint density at radius 2 is 1.88 bits per heavy atom. The molecule has 7 heteroatoms. The van der Waals surface area contributed by atoms with E-state index in [-0.39, 0.29) is 12.1 Å². The molecule has 2 heterocycles. The van der Waals surface area contributed by atoms with Crippen LogP contribution in [0.25, 0.3) is 0 Å². The number of aromatic nitrogens is 2. The molecule has 0 saturated carbocycles. The van der Waals surface area contributed by atoms with E-state index in [4.69, 9.17) is 9.47 Å². The van der Waals surface area contributed by atoms with Crippen LogP contribution in [0, 0.1) is 0 Å². The summed E-state index contributed by atoms with van der Waals surface area (Å²) < 4.78 is 12.7. The standard InChI is InChI=1S/C19H26N4O3/c1-22-12-9-20-18(22)17(21-19(24)23-10-5-4-6-11-23)14-7-8-15(25-2)16(13-14)26-3/h7-9,12-13,17H,4-6,10-11H2,1-3H3,(H,21,24). The molecule has 1 N–H and O–H groups in total. The molecule has 1 aliphatic heterocycles. The Labute approximate surface area is 153 Å². The highest BCUT2D eigenvalue weighted by atomic mass is 16.5. The van der Waals surface area contributed by atoms with Crippen molar-refractivity contribution in [1.29, 1.82) is 0 Å². The summed E-state index contributed by atoms with van der Waals surface area (Å²) in [7, 11) is 5.12. The highest BCUT2D eigenvalue weighted by Gasteiger charge is 2.25. The van der Waals surface area contributed by atoms with Crippen molar-refractivity contribution < 1.29 is 14.3 Å². The van der Waals surface area contributed by atoms with Gasteiger partial charge in [-0.2, -0.15) is 0 Å². The van der Waals surface area contributed by atoms with Crippen LogP contribution >= 0.6 is 0 Å². The number of ether oxygens (including phenoxy) is 2. The fourth-order valence-electron chi connectivity index (χ4n) is 3.30. The minimum absolute atomic E-state index is 0.0625. The van der Waals surface area contributed by atoms with E-state index in [0.717, 1.165) is 37.3 Å². The molecule has 1 aliphatic rings. The molecular weight excluding hydrogens is 332 g/mol. The fraction of sp³-hybridized carbons (Fsp3) is 0.474. The van der Waals surface area contributed by atoms with Gasteiger partial charge in [-0.3, -0.25) is 0 Å². The maximum atomic E-state index is 12.8. The van der Waals surface area contributed by atoms with Gasteiger partial charge in [0.15, 0.2) is 11.5 Å². The number of nitrogens with one attached hydrogen (secondary N) is 1. The average molecular weight is 358 g/mol. The van der Waals surface area contributed by atoms with Crippen molar-refractivity contribution in [2.45, 2.75) is 25.3 Å². The number of urea groups is 1. The van der Waals surface area contributed by atoms with Gasteiger partial charge in [-0.1, -0.05) is 6.07 Å². The second-order valence-corrected chi connectivity index (χ2v) is 6.44. The third kappa shape index (κ3) is 3.76. The van der Waals surface area contributed by atoms with E-state index in [0.29, 0.717) is 11.5 Å². The molecule has 0 aliphatic carbocycles. The van der Waals surface area contributed by atoms with Gasteiger partial charge < -0.3 is 24.3 Å². The Morgan fingerprint density at radius 3 is 2.50 bits per heavy atom. The lowest BCUT2D eigenvalue weighted by Gasteiger charge is -2.29. The fourth-order valence-corrected chi connectivity index (χ4v) is 3.30. The van der Waals surface area contributed by atoms with E-state index in [1.807, 2.05) is 40.9 Å². The molecule has 1 aromatic carbocycles. The quantitative estimate of drug-likeness (QED) is 0.892. The van der Waals surface area contributed by atoms with Gasteiger partial charge in [0.25, 0.3) is 0 Å². The number of aryl methyl sites for hydroxylation is 1. The van der Waals surface area contributed by atoms with E-state index in [1.54, 1.807) is 20.4 Å². The number of imidazole rings is 1. The van der Waals surface area contributed by atoms with Gasteiger partial charge in [0.2, 0.25) is 0 Å². The van der Waals surface area contributed by atoms with Crippen molar-refractivity contribution in [1.82, 2.24) is 19.8 Å². The Hall–Kier alpha value is -2.70. The summed E-state index contributed by atoms with van der Waals surface area (Å²) in [5.41, 5.74) is 0.891. The number of nitrogens with zero attached hydrogens (tertiary/aromatic N) is 3. The number of likely N-dealkylation sites (tertiary alicyclic amines) is 1. The first-order valence-electron chi connectivity index (χ1n) is 8.88. The molecule has 1 saturated heterocycles. The number of amides is 2. The highest BCUT2D eigenvalue weighted by molar-refractivity contribution is 5.75. The first-order valence-corrected chi connectivity index (χ1v) is 8.88. The van der Waals surface area contributed by atoms with Crippen LogP contribution in [0.15, 0.2) is 30.6 Å². The van der Waals surface area contributed by atoms with Crippen molar-refractivity contribution in [3.8, 4) is 11.5 Å². The summed E-state index contributed by atoms with van der Waals surface area (Å²) in [6, 6.07) is 5.22. The number of carbonyl (C=O) groups excluding carboxylic acids is 1. The lowest BCUT2D eigenvalue weighted by Crippen LogP contribution is -2.44. The summed E-state index contributed by atoms with van der Waals surface area (Å²) >= 11 is 0. The van der Waals surface area contributed by atoms with Gasteiger partial charge in [-0.05, 0) is 37.0 Å². The van der Waals surface area contributed by atoms with Crippen LogP contribution < -0.4 is 14.8 Å². The van der Waals surface area contributed by atoms with Crippen LogP contribution in [0.5, 0.6) is 11.5 Å². The number of rotatable bonds is 5. The Bertz CT molecular complexity index is 753. The normalized spacial score (nSPS) is 15.4. The number of methoxy groups -OCH3 is 2. The summed E-state index contributed by atoms with van der Waals surface area (Å²) in [5, 5.41) is 3.14. The molecule has 7 nitrogen and oxygen atoms in total. The van der Waals surface area contributed by atoms with Gasteiger partial charge in [-0.15, -0.1) is 0 Å². The van der Waals surface area contributed by atoms with E-state index >= 15 is 0 Å². The molecule has 1 unspecified atom stereocenters. The van der Waals surface area contributed by atoms with Gasteiger partial charge in [0, 0.05) is 32.5 Å². The monoisotopic (exact) mass is 358 g/mol. The van der Waals surface area contributed by atoms with E-state index < -0.39 is 0 Å². The van der Waals surface area contributed by atoms with Gasteiger partial charge >= 0.3 is 6.03 Å². The minimum atomic E-state index is -0.371. The molecule has 140 valence electrons. The predicted molar refractivity (Wildman–Crippen MR) is 98.6 cm³/mol. The molecule has 1 aromatic heterocycles. The molecule has 0 radical (unpaired) electrons. The van der Waals surface area contributed by atoms with Crippen molar-refractivity contribution in [3.05, 3.63) is 42.0 Å². The van der Waals surface area contributed by atoms with Crippen molar-refractivity contribution in [3.63, 3.8) is 0 Å². The van der Waals surface area contributed by atoms with Gasteiger partial charge in [0.1, 0.15) is 11.9 Å². The number of carbonyl (C=O) groups is 1. The Morgan fingerprint density at radius 1 is 1.15 bits per heavy atom. The highest BCUT2D eigenvalue weighted by Crippen LogP contribution is 2.32. The van der Waals surface area contributed by atoms with Crippen LogP contribution in [0.1, 0.15) is 36.7 Å². The van der Waals surface area contributed by atoms with Crippen LogP contribution in [0.4, 0.5) is 4.79 Å². The zero-order valence-electron chi connectivity index (χ0n) is 15.6. The van der Waals surface area contributed by atoms with E-state index in [9.17, 15) is 4.79 Å². The molecule has 26 heavy (non-hydrogen) atoms. The first kappa shape index (κ1) is 18.1. The summed E-state index contributed by atoms with van der Waals surface area (Å²) in [6.07, 6.45) is 6.89. The molecule has 2 aromatic rings. The summed E-state index contributed by atoms with van der Waals surface area (Å²) in [5.74, 6) is 2.04. The van der Waals surface area contributed by atoms with Crippen LogP contribution in [-0.2, 0) is 7.05 Å². The average Bonchev–Trinajstić information content (AvgIpc) is 3.11. The van der Waals surface area contributed by atoms with E-state index in [2.05, 4.69) is 10.3 Å². The molecule has 2 amide bonds. The molecular formula is C19H26N4O3. The second-order valence-electron chi connectivity index (χ2n) is 6.44. The predicted octanol–water partition coefficient (Wildman–Crippen LogP) is 2.72. The van der Waals surface area contributed by atoms with Crippen LogP contribution in [0.3, 0.4) is 0 Å². The maximum absolute atomic E-state index is 12.8. The number of piperidine rings is 1. The summed E-state index contributed by atoms with van der Waals surface area (Å²) in [4.78, 5) is 19.1. The number of hydrogen-bond donors (Lipinski definition) is 1. The van der Waals surface area contributed by atoms with Gasteiger partial charge in [0.05, 0.1) is 14.2 Å². The molecule has 0 spiro atoms. The van der Waals surface area contributed by atoms with Gasteiger partial charge in [-0.25, -0.2) is 9.78 Å². The Kier molecular flexibility index (Phi) is 5.65. The molecule has 1 atom stereocenters. The SMILES string of the molecule is COc1ccc(C(NC(=O)N2CCCCC2)c2nccn2C)cc1OC. The minimum Gasteiger partial charge on any atom is -0.493 e. The second kappa shape index (κ2) is 8.12. The molecule has 0 bridgehead atoms. The van der Waals surface area contributed by atoms with Crippen molar-refractivity contribution >= 4 is 6.03 Å². The zero-order chi connectivity index (χ0) is 18.5. The van der Waals surface area contributed by atoms with Crippen molar-refractivity contribution in [2.24, 2.45) is 7.05 Å². The third-order valence-corrected chi connectivity index (χ3v) is 4.77. The van der Waals surface area contributed by atoms with Crippen LogP contribution in [-0.4, -0.2) is 47.8 Å². The summed E-state index contributed by atoms with van der Waals surface area (Å²) in [6.45, 7) is 1.59. The maximum Gasteiger partial charge on any atom is 0.318 e. The topological polar surface area (TPSA) is 68.6 Å². The molecule has 3 rings (SSSR count). The lowest BCUT2D eigenvalue weighted by atomic mass is 10.0. The zero-order valence-corrected chi connectivity index (χ0v) is 15.6. The van der Waals surface area contributed by atoms with Crippen molar-refractivity contribution in [2.75, 3.05) is 27.3 Å². The smallest absolute Gasteiger partial charge is 0.318 e. The first-order chi connectivity index (χ1) is 12.6. The third-order valence-electron chi connectivity index (χ3n) is 4.77. The van der Waals surface area contributed by atoms with E-state index in [1.165, 1.54) is 6.42 Å².